The zero-order valence-corrected chi connectivity index (χ0v) is 20.5. The summed E-state index contributed by atoms with van der Waals surface area (Å²) in [5.74, 6) is 0.136. The molecule has 2 aromatic heterocycles. The van der Waals surface area contributed by atoms with Crippen molar-refractivity contribution in [2.45, 2.75) is 24.7 Å². The molecule has 1 aliphatic rings. The Morgan fingerprint density at radius 1 is 1.17 bits per heavy atom. The Labute approximate surface area is 210 Å². The van der Waals surface area contributed by atoms with E-state index in [2.05, 4.69) is 20.8 Å². The maximum atomic E-state index is 13.0. The van der Waals surface area contributed by atoms with Gasteiger partial charge in [-0.25, -0.2) is 4.68 Å². The highest BCUT2D eigenvalue weighted by molar-refractivity contribution is 7.99. The molecule has 1 atom stereocenters. The first kappa shape index (κ1) is 23.6. The molecular formula is C25H24N6O4S. The van der Waals surface area contributed by atoms with Crippen molar-refractivity contribution in [3.8, 4) is 5.69 Å². The number of benzene rings is 2. The number of para-hydroxylation sites is 2. The van der Waals surface area contributed by atoms with Gasteiger partial charge in [0.2, 0.25) is 17.7 Å². The van der Waals surface area contributed by atoms with Crippen LogP contribution in [0.3, 0.4) is 0 Å². The van der Waals surface area contributed by atoms with Gasteiger partial charge in [0.05, 0.1) is 29.4 Å². The lowest BCUT2D eigenvalue weighted by Gasteiger charge is -2.09. The maximum Gasteiger partial charge on any atom is 0.295 e. The van der Waals surface area contributed by atoms with Crippen molar-refractivity contribution in [2.24, 2.45) is 13.0 Å². The van der Waals surface area contributed by atoms with Gasteiger partial charge >= 0.3 is 0 Å². The smallest absolute Gasteiger partial charge is 0.295 e. The third-order valence-corrected chi connectivity index (χ3v) is 7.26. The van der Waals surface area contributed by atoms with Gasteiger partial charge in [-0.1, -0.05) is 35.5 Å². The summed E-state index contributed by atoms with van der Waals surface area (Å²) in [7, 11) is 1.76. The number of carbonyl (C=O) groups is 2. The molecular weight excluding hydrogens is 480 g/mol. The topological polar surface area (TPSA) is 124 Å². The van der Waals surface area contributed by atoms with Gasteiger partial charge in [-0.3, -0.25) is 19.1 Å². The van der Waals surface area contributed by atoms with E-state index in [1.165, 1.54) is 4.68 Å². The largest absolute Gasteiger partial charge is 0.339 e. The first-order valence-electron chi connectivity index (χ1n) is 11.4. The molecule has 5 rings (SSSR count). The number of rotatable bonds is 6. The van der Waals surface area contributed by atoms with Crippen LogP contribution in [0.1, 0.15) is 17.4 Å². The molecule has 0 spiro atoms. The van der Waals surface area contributed by atoms with Crippen molar-refractivity contribution in [1.29, 1.82) is 0 Å². The first-order valence-corrected chi connectivity index (χ1v) is 12.4. The number of thioether (sulfide) groups is 1. The summed E-state index contributed by atoms with van der Waals surface area (Å²) in [6.45, 7) is 1.76. The molecule has 4 aromatic rings. The molecule has 0 fully saturated rings. The predicted octanol–water partition coefficient (Wildman–Crippen LogP) is 2.95. The number of anilines is 2. The number of nitrogens with zero attached hydrogens (tertiary/aromatic N) is 4. The van der Waals surface area contributed by atoms with Crippen LogP contribution in [0.2, 0.25) is 0 Å². The van der Waals surface area contributed by atoms with Crippen LogP contribution >= 0.6 is 11.8 Å². The highest BCUT2D eigenvalue weighted by Gasteiger charge is 2.27. The number of amides is 2. The Morgan fingerprint density at radius 2 is 1.92 bits per heavy atom. The molecule has 0 saturated heterocycles. The van der Waals surface area contributed by atoms with Crippen molar-refractivity contribution in [2.75, 3.05) is 16.4 Å². The van der Waals surface area contributed by atoms with Gasteiger partial charge in [0, 0.05) is 24.1 Å². The molecule has 0 aliphatic carbocycles. The molecule has 1 aliphatic heterocycles. The molecule has 2 aromatic carbocycles. The van der Waals surface area contributed by atoms with Gasteiger partial charge in [-0.05, 0) is 31.2 Å². The third-order valence-electron chi connectivity index (χ3n) is 6.02. The zero-order chi connectivity index (χ0) is 25.2. The second-order valence-electron chi connectivity index (χ2n) is 8.46. The molecule has 0 saturated carbocycles. The Hall–Kier alpha value is -4.12. The van der Waals surface area contributed by atoms with Crippen molar-refractivity contribution in [1.82, 2.24) is 19.5 Å². The highest BCUT2D eigenvalue weighted by Crippen LogP contribution is 2.33. The Morgan fingerprint density at radius 3 is 2.72 bits per heavy atom. The summed E-state index contributed by atoms with van der Waals surface area (Å²) >= 11 is 1.59. The molecule has 10 nitrogen and oxygen atoms in total. The maximum absolute atomic E-state index is 13.0. The summed E-state index contributed by atoms with van der Waals surface area (Å²) in [6.07, 6.45) is 0.0979. The number of fused-ring (bicyclic) bond motifs is 1. The van der Waals surface area contributed by atoms with Gasteiger partial charge in [-0.15, -0.1) is 11.8 Å². The minimum Gasteiger partial charge on any atom is -0.339 e. The van der Waals surface area contributed by atoms with E-state index in [-0.39, 0.29) is 47.6 Å². The number of carbonyl (C=O) groups excluding carboxylic acids is 2. The van der Waals surface area contributed by atoms with E-state index in [0.29, 0.717) is 17.1 Å². The molecule has 0 bridgehead atoms. The SMILES string of the molecule is Cc1c(NC(=O)Cc2noc(CC3CSc4ccccc4NC3=O)n2)c(=O)n(-c2ccccc2)n1C. The van der Waals surface area contributed by atoms with Crippen LogP contribution in [0.4, 0.5) is 11.4 Å². The van der Waals surface area contributed by atoms with Crippen molar-refractivity contribution in [3.05, 3.63) is 82.4 Å². The lowest BCUT2D eigenvalue weighted by molar-refractivity contribution is -0.119. The number of aromatic nitrogens is 4. The highest BCUT2D eigenvalue weighted by atomic mass is 32.2. The minimum absolute atomic E-state index is 0.112. The monoisotopic (exact) mass is 504 g/mol. The molecule has 0 radical (unpaired) electrons. The Bertz CT molecular complexity index is 1490. The molecule has 184 valence electrons. The van der Waals surface area contributed by atoms with Gasteiger partial charge in [0.25, 0.3) is 5.56 Å². The van der Waals surface area contributed by atoms with E-state index in [0.717, 1.165) is 10.6 Å². The lowest BCUT2D eigenvalue weighted by Crippen LogP contribution is -2.25. The molecule has 36 heavy (non-hydrogen) atoms. The van der Waals surface area contributed by atoms with Gasteiger partial charge in [-0.2, -0.15) is 4.98 Å². The average molecular weight is 505 g/mol. The average Bonchev–Trinajstić information content (AvgIpc) is 3.34. The summed E-state index contributed by atoms with van der Waals surface area (Å²) in [6, 6.07) is 16.8. The first-order chi connectivity index (χ1) is 17.4. The fourth-order valence-corrected chi connectivity index (χ4v) is 5.14. The van der Waals surface area contributed by atoms with Crippen molar-refractivity contribution in [3.63, 3.8) is 0 Å². The summed E-state index contributed by atoms with van der Waals surface area (Å²) in [5, 5.41) is 9.52. The molecule has 1 unspecified atom stereocenters. The molecule has 2 N–H and O–H groups in total. The van der Waals surface area contributed by atoms with E-state index in [9.17, 15) is 14.4 Å². The summed E-state index contributed by atoms with van der Waals surface area (Å²) in [4.78, 5) is 43.7. The Kier molecular flexibility index (Phi) is 6.47. The third kappa shape index (κ3) is 4.69. The quantitative estimate of drug-likeness (QED) is 0.414. The van der Waals surface area contributed by atoms with E-state index in [4.69, 9.17) is 4.52 Å². The fraction of sp³-hybridized carbons (Fsp3) is 0.240. The van der Waals surface area contributed by atoms with E-state index in [1.54, 1.807) is 30.4 Å². The van der Waals surface area contributed by atoms with Gasteiger partial charge in [0.15, 0.2) is 5.82 Å². The molecule has 11 heteroatoms. The fourth-order valence-electron chi connectivity index (χ4n) is 4.04. The van der Waals surface area contributed by atoms with Crippen LogP contribution in [0.15, 0.2) is 68.8 Å². The second-order valence-corrected chi connectivity index (χ2v) is 9.53. The molecule has 3 heterocycles. The summed E-state index contributed by atoms with van der Waals surface area (Å²) in [5.41, 5.74) is 1.97. The number of hydrogen-bond donors (Lipinski definition) is 2. The number of nitrogens with one attached hydrogen (secondary N) is 2. The van der Waals surface area contributed by atoms with E-state index >= 15 is 0 Å². The minimum atomic E-state index is -0.438. The van der Waals surface area contributed by atoms with Gasteiger partial charge in [0.1, 0.15) is 5.69 Å². The number of hydrogen-bond acceptors (Lipinski definition) is 7. The second kappa shape index (κ2) is 9.86. The van der Waals surface area contributed by atoms with Crippen LogP contribution in [0.5, 0.6) is 0 Å². The standard InChI is InChI=1S/C25H24N6O4S/c1-15-23(25(34)31(30(15)2)17-8-4-3-5-9-17)28-21(32)13-20-27-22(35-29-20)12-16-14-36-19-11-7-6-10-18(19)26-24(16)33/h3-11,16H,12-14H2,1-2H3,(H,26,33)(H,28,32). The Balaban J connectivity index is 1.24. The van der Waals surface area contributed by atoms with E-state index < -0.39 is 5.91 Å². The predicted molar refractivity (Wildman–Crippen MR) is 135 cm³/mol. The van der Waals surface area contributed by atoms with Crippen LogP contribution in [-0.4, -0.2) is 37.1 Å². The van der Waals surface area contributed by atoms with Crippen LogP contribution in [0.25, 0.3) is 5.69 Å². The van der Waals surface area contributed by atoms with Crippen LogP contribution in [0, 0.1) is 12.8 Å². The van der Waals surface area contributed by atoms with Gasteiger partial charge < -0.3 is 15.2 Å². The normalized spacial score (nSPS) is 15.2. The van der Waals surface area contributed by atoms with Crippen LogP contribution < -0.4 is 16.2 Å². The van der Waals surface area contributed by atoms with Crippen molar-refractivity contribution >= 4 is 35.0 Å². The zero-order valence-electron chi connectivity index (χ0n) is 19.7. The molecule has 2 amide bonds. The van der Waals surface area contributed by atoms with E-state index in [1.807, 2.05) is 54.6 Å². The summed E-state index contributed by atoms with van der Waals surface area (Å²) < 4.78 is 8.49. The lowest BCUT2D eigenvalue weighted by atomic mass is 10.1. The van der Waals surface area contributed by atoms with Crippen molar-refractivity contribution < 1.29 is 14.1 Å². The van der Waals surface area contributed by atoms with Crippen LogP contribution in [-0.2, 0) is 29.5 Å².